The zero-order chi connectivity index (χ0) is 20.1. The number of rotatable bonds is 7. The zero-order valence-electron chi connectivity index (χ0n) is 16.1. The van der Waals surface area contributed by atoms with Crippen molar-refractivity contribution in [3.63, 3.8) is 0 Å². The number of hydrogen-bond donors (Lipinski definition) is 1. The molecule has 0 aliphatic heterocycles. The van der Waals surface area contributed by atoms with E-state index in [0.717, 1.165) is 12.2 Å². The highest BCUT2D eigenvalue weighted by molar-refractivity contribution is 5.85. The first-order valence-corrected chi connectivity index (χ1v) is 9.72. The monoisotopic (exact) mass is 385 g/mol. The summed E-state index contributed by atoms with van der Waals surface area (Å²) >= 11 is 0. The van der Waals surface area contributed by atoms with Gasteiger partial charge in [-0.1, -0.05) is 54.6 Å². The van der Waals surface area contributed by atoms with Crippen molar-refractivity contribution in [2.75, 3.05) is 18.5 Å². The van der Waals surface area contributed by atoms with Gasteiger partial charge in [-0.2, -0.15) is 0 Å². The molecule has 0 spiro atoms. The smallest absolute Gasteiger partial charge is 0.411 e. The van der Waals surface area contributed by atoms with Gasteiger partial charge >= 0.3 is 6.09 Å². The molecule has 29 heavy (non-hydrogen) atoms. The van der Waals surface area contributed by atoms with Crippen LogP contribution in [0, 0.1) is 0 Å². The lowest BCUT2D eigenvalue weighted by Gasteiger charge is -2.14. The fourth-order valence-corrected chi connectivity index (χ4v) is 3.65. The summed E-state index contributed by atoms with van der Waals surface area (Å²) in [6, 6.07) is 23.8. The van der Waals surface area contributed by atoms with Gasteiger partial charge in [-0.25, -0.2) is 4.79 Å². The summed E-state index contributed by atoms with van der Waals surface area (Å²) in [4.78, 5) is 12.3. The van der Waals surface area contributed by atoms with Crippen LogP contribution in [0.25, 0.3) is 11.1 Å². The summed E-state index contributed by atoms with van der Waals surface area (Å²) in [7, 11) is 0. The quantitative estimate of drug-likeness (QED) is 0.401. The molecule has 0 aromatic heterocycles. The number of hydrogen-bond acceptors (Lipinski definition) is 3. The summed E-state index contributed by atoms with van der Waals surface area (Å²) in [6.45, 7) is 4.55. The molecule has 0 fully saturated rings. The Morgan fingerprint density at radius 2 is 1.55 bits per heavy atom. The van der Waals surface area contributed by atoms with Crippen LogP contribution in [0.2, 0.25) is 0 Å². The number of fused-ring (bicyclic) bond motifs is 3. The molecule has 1 aliphatic carbocycles. The van der Waals surface area contributed by atoms with E-state index in [4.69, 9.17) is 9.47 Å². The summed E-state index contributed by atoms with van der Waals surface area (Å²) in [5, 5.41) is 2.78. The summed E-state index contributed by atoms with van der Waals surface area (Å²) in [6.07, 6.45) is 2.14. The Labute approximate surface area is 170 Å². The predicted molar refractivity (Wildman–Crippen MR) is 115 cm³/mol. The van der Waals surface area contributed by atoms with Gasteiger partial charge in [0.25, 0.3) is 0 Å². The fourth-order valence-electron chi connectivity index (χ4n) is 3.65. The van der Waals surface area contributed by atoms with E-state index in [-0.39, 0.29) is 5.92 Å². The van der Waals surface area contributed by atoms with Crippen LogP contribution in [-0.2, 0) is 4.74 Å². The van der Waals surface area contributed by atoms with Gasteiger partial charge in [-0.3, -0.25) is 5.32 Å². The fraction of sp³-hybridized carbons (Fsp3) is 0.160. The third-order valence-electron chi connectivity index (χ3n) is 5.04. The van der Waals surface area contributed by atoms with Gasteiger partial charge in [-0.05, 0) is 52.9 Å². The molecule has 3 aromatic carbocycles. The van der Waals surface area contributed by atoms with E-state index in [9.17, 15) is 4.79 Å². The van der Waals surface area contributed by atoms with Crippen LogP contribution in [0.15, 0.2) is 85.5 Å². The number of anilines is 1. The molecule has 1 amide bonds. The van der Waals surface area contributed by atoms with Crippen molar-refractivity contribution in [1.82, 2.24) is 0 Å². The molecule has 0 bridgehead atoms. The lowest BCUT2D eigenvalue weighted by Crippen LogP contribution is -2.17. The highest BCUT2D eigenvalue weighted by Crippen LogP contribution is 2.44. The third-order valence-corrected chi connectivity index (χ3v) is 5.04. The molecule has 0 saturated heterocycles. The van der Waals surface area contributed by atoms with Gasteiger partial charge in [0, 0.05) is 11.6 Å². The van der Waals surface area contributed by atoms with Crippen molar-refractivity contribution in [2.45, 2.75) is 12.3 Å². The van der Waals surface area contributed by atoms with Gasteiger partial charge in [-0.15, -0.1) is 6.58 Å². The normalized spacial score (nSPS) is 12.0. The first-order chi connectivity index (χ1) is 14.3. The maximum atomic E-state index is 12.3. The van der Waals surface area contributed by atoms with E-state index < -0.39 is 6.09 Å². The first kappa shape index (κ1) is 18.8. The Balaban J connectivity index is 1.37. The molecule has 4 rings (SSSR count). The number of benzene rings is 3. The second kappa shape index (κ2) is 8.65. The highest BCUT2D eigenvalue weighted by atomic mass is 16.5. The minimum atomic E-state index is -0.466. The van der Waals surface area contributed by atoms with Gasteiger partial charge < -0.3 is 9.47 Å². The zero-order valence-corrected chi connectivity index (χ0v) is 16.1. The molecule has 1 aliphatic rings. The predicted octanol–water partition coefficient (Wildman–Crippen LogP) is 6.00. The van der Waals surface area contributed by atoms with Gasteiger partial charge in [0.2, 0.25) is 0 Å². The van der Waals surface area contributed by atoms with Crippen LogP contribution in [-0.4, -0.2) is 19.3 Å². The number of carbonyl (C=O) groups is 1. The minimum absolute atomic E-state index is 0.0498. The van der Waals surface area contributed by atoms with E-state index in [1.807, 2.05) is 42.5 Å². The molecule has 0 heterocycles. The molecular weight excluding hydrogens is 362 g/mol. The summed E-state index contributed by atoms with van der Waals surface area (Å²) in [5.41, 5.74) is 5.48. The number of carbonyl (C=O) groups excluding carboxylic acids is 1. The molecule has 3 aromatic rings. The van der Waals surface area contributed by atoms with Crippen LogP contribution in [0.5, 0.6) is 5.75 Å². The lowest BCUT2D eigenvalue weighted by molar-refractivity contribution is 0.158. The maximum absolute atomic E-state index is 12.3. The molecule has 1 N–H and O–H groups in total. The van der Waals surface area contributed by atoms with Crippen LogP contribution in [0.1, 0.15) is 23.5 Å². The molecule has 0 unspecified atom stereocenters. The second-order valence-corrected chi connectivity index (χ2v) is 6.90. The standard InChI is InChI=1S/C25H23NO3/c1-2-3-16-28-19-14-12-18(13-15-19)26-25(27)29-17-24-22-10-6-4-8-20(22)21-9-5-7-11-23(21)24/h2,4-15,24H,1,3,16-17H2,(H,26,27). The molecule has 0 saturated carbocycles. The molecule has 4 heteroatoms. The first-order valence-electron chi connectivity index (χ1n) is 9.72. The minimum Gasteiger partial charge on any atom is -0.493 e. The van der Waals surface area contributed by atoms with Crippen molar-refractivity contribution < 1.29 is 14.3 Å². The van der Waals surface area contributed by atoms with Crippen molar-refractivity contribution in [3.8, 4) is 16.9 Å². The Bertz CT molecular complexity index is 965. The Kier molecular flexibility index (Phi) is 5.61. The Hall–Kier alpha value is -3.53. The van der Waals surface area contributed by atoms with Crippen molar-refractivity contribution >= 4 is 11.8 Å². The van der Waals surface area contributed by atoms with Gasteiger partial charge in [0.05, 0.1) is 6.61 Å². The molecule has 0 radical (unpaired) electrons. The van der Waals surface area contributed by atoms with Crippen LogP contribution < -0.4 is 10.1 Å². The van der Waals surface area contributed by atoms with E-state index in [1.165, 1.54) is 22.3 Å². The van der Waals surface area contributed by atoms with E-state index in [1.54, 1.807) is 12.1 Å². The number of amides is 1. The van der Waals surface area contributed by atoms with E-state index in [0.29, 0.717) is 18.9 Å². The van der Waals surface area contributed by atoms with E-state index in [2.05, 4.69) is 36.2 Å². The van der Waals surface area contributed by atoms with E-state index >= 15 is 0 Å². The lowest BCUT2D eigenvalue weighted by atomic mass is 9.98. The van der Waals surface area contributed by atoms with Crippen LogP contribution in [0.4, 0.5) is 10.5 Å². The molecule has 4 nitrogen and oxygen atoms in total. The molecular formula is C25H23NO3. The average molecular weight is 385 g/mol. The van der Waals surface area contributed by atoms with Crippen LogP contribution >= 0.6 is 0 Å². The summed E-state index contributed by atoms with van der Waals surface area (Å²) < 4.78 is 11.1. The maximum Gasteiger partial charge on any atom is 0.411 e. The third kappa shape index (κ3) is 4.16. The largest absolute Gasteiger partial charge is 0.493 e. The Morgan fingerprint density at radius 3 is 2.17 bits per heavy atom. The second-order valence-electron chi connectivity index (χ2n) is 6.90. The van der Waals surface area contributed by atoms with Crippen molar-refractivity contribution in [3.05, 3.63) is 96.6 Å². The number of nitrogens with one attached hydrogen (secondary N) is 1. The molecule has 146 valence electrons. The number of ether oxygens (including phenoxy) is 2. The molecule has 0 atom stereocenters. The van der Waals surface area contributed by atoms with Crippen LogP contribution in [0.3, 0.4) is 0 Å². The topological polar surface area (TPSA) is 47.6 Å². The summed E-state index contributed by atoms with van der Waals surface area (Å²) in [5.74, 6) is 0.804. The average Bonchev–Trinajstić information content (AvgIpc) is 3.08. The Morgan fingerprint density at radius 1 is 0.931 bits per heavy atom. The SMILES string of the molecule is C=CCCOc1ccc(NC(=O)OCC2c3ccccc3-c3ccccc32)cc1. The van der Waals surface area contributed by atoms with Gasteiger partial charge in [0.1, 0.15) is 12.4 Å². The van der Waals surface area contributed by atoms with Crippen molar-refractivity contribution in [2.24, 2.45) is 0 Å². The van der Waals surface area contributed by atoms with Crippen molar-refractivity contribution in [1.29, 1.82) is 0 Å². The van der Waals surface area contributed by atoms with Gasteiger partial charge in [0.15, 0.2) is 0 Å². The highest BCUT2D eigenvalue weighted by Gasteiger charge is 2.28.